The molecular weight excluding hydrogens is 416 g/mol. The Morgan fingerprint density at radius 3 is 2.15 bits per heavy atom. The molecule has 0 saturated heterocycles. The summed E-state index contributed by atoms with van der Waals surface area (Å²) in [4.78, 5) is 24.2. The number of benzene rings is 3. The summed E-state index contributed by atoms with van der Waals surface area (Å²) in [6, 6.07) is 24.0. The monoisotopic (exact) mass is 444 g/mol. The van der Waals surface area contributed by atoms with Crippen LogP contribution < -0.4 is 5.32 Å². The van der Waals surface area contributed by atoms with E-state index in [0.717, 1.165) is 18.4 Å². The molecule has 0 aliphatic heterocycles. The first kappa shape index (κ1) is 23.7. The third-order valence-corrected chi connectivity index (χ3v) is 5.56. The second-order valence-corrected chi connectivity index (χ2v) is 8.06. The van der Waals surface area contributed by atoms with Crippen LogP contribution in [0.1, 0.15) is 46.3 Å². The molecule has 1 amide bonds. The minimum Gasteiger partial charge on any atom is -0.481 e. The Kier molecular flexibility index (Phi) is 8.36. The normalized spacial score (nSPS) is 12.2. The van der Waals surface area contributed by atoms with E-state index in [1.807, 2.05) is 49.4 Å². The Hall–Kier alpha value is -3.93. The molecule has 3 aromatic rings. The van der Waals surface area contributed by atoms with Gasteiger partial charge in [-0.25, -0.2) is 0 Å². The topological polar surface area (TPSA) is 99.0 Å². The summed E-state index contributed by atoms with van der Waals surface area (Å²) >= 11 is 0. The van der Waals surface area contributed by atoms with Crippen LogP contribution in [0.25, 0.3) is 0 Å². The molecular formula is C27H28N2O4. The molecule has 0 aliphatic carbocycles. The molecule has 170 valence electrons. The lowest BCUT2D eigenvalue weighted by atomic mass is 9.92. The van der Waals surface area contributed by atoms with Gasteiger partial charge in [0, 0.05) is 17.7 Å². The molecule has 6 heteroatoms. The van der Waals surface area contributed by atoms with Gasteiger partial charge < -0.3 is 15.6 Å². The maximum Gasteiger partial charge on any atom is 0.306 e. The molecule has 33 heavy (non-hydrogen) atoms. The molecule has 0 bridgehead atoms. The molecule has 0 saturated carbocycles. The van der Waals surface area contributed by atoms with E-state index < -0.39 is 11.9 Å². The fraction of sp³-hybridized carbons (Fsp3) is 0.222. The van der Waals surface area contributed by atoms with E-state index in [1.165, 1.54) is 5.56 Å². The number of oxime groups is 1. The molecule has 1 unspecified atom stereocenters. The van der Waals surface area contributed by atoms with E-state index in [4.69, 9.17) is 0 Å². The smallest absolute Gasteiger partial charge is 0.306 e. The highest BCUT2D eigenvalue weighted by Gasteiger charge is 2.21. The van der Waals surface area contributed by atoms with Crippen LogP contribution in [-0.2, 0) is 11.2 Å². The van der Waals surface area contributed by atoms with Crippen molar-refractivity contribution in [3.05, 3.63) is 101 Å². The molecule has 6 nitrogen and oxygen atoms in total. The second kappa shape index (κ2) is 11.6. The number of carbonyl (C=O) groups is 2. The van der Waals surface area contributed by atoms with Crippen molar-refractivity contribution in [2.45, 2.75) is 32.6 Å². The highest BCUT2D eigenvalue weighted by atomic mass is 16.4. The van der Waals surface area contributed by atoms with Crippen LogP contribution >= 0.6 is 0 Å². The van der Waals surface area contributed by atoms with E-state index in [1.54, 1.807) is 36.4 Å². The minimum absolute atomic E-state index is 0.121. The summed E-state index contributed by atoms with van der Waals surface area (Å²) in [6.45, 7) is 1.96. The molecule has 0 aromatic heterocycles. The van der Waals surface area contributed by atoms with Gasteiger partial charge in [-0.3, -0.25) is 9.59 Å². The number of hydrogen-bond donors (Lipinski definition) is 3. The van der Waals surface area contributed by atoms with E-state index >= 15 is 0 Å². The number of carbonyl (C=O) groups excluding carboxylic acids is 1. The number of anilines is 1. The third-order valence-electron chi connectivity index (χ3n) is 5.56. The predicted octanol–water partition coefficient (Wildman–Crippen LogP) is 5.54. The van der Waals surface area contributed by atoms with Crippen molar-refractivity contribution in [2.24, 2.45) is 11.1 Å². The van der Waals surface area contributed by atoms with Crippen molar-refractivity contribution < 1.29 is 19.9 Å². The van der Waals surface area contributed by atoms with Crippen LogP contribution in [0.2, 0.25) is 0 Å². The SMILES string of the molecule is Cc1ccc(C(=O)Nc2ccc(/C(CC(CCCc3ccccc3)C(=O)O)=N\O)cc2)cc1. The Balaban J connectivity index is 1.59. The first-order chi connectivity index (χ1) is 16.0. The summed E-state index contributed by atoms with van der Waals surface area (Å²) in [5.74, 6) is -1.78. The number of carboxylic acid groups (broad SMARTS) is 1. The number of amides is 1. The van der Waals surface area contributed by atoms with Gasteiger partial charge in [-0.05, 0) is 61.6 Å². The maximum absolute atomic E-state index is 12.4. The van der Waals surface area contributed by atoms with Crippen molar-refractivity contribution in [2.75, 3.05) is 5.32 Å². The number of aliphatic carboxylic acids is 1. The number of aryl methyl sites for hydroxylation is 2. The average Bonchev–Trinajstić information content (AvgIpc) is 2.83. The van der Waals surface area contributed by atoms with Gasteiger partial charge in [0.2, 0.25) is 0 Å². The van der Waals surface area contributed by atoms with Crippen molar-refractivity contribution in [3.8, 4) is 0 Å². The fourth-order valence-electron chi connectivity index (χ4n) is 3.61. The summed E-state index contributed by atoms with van der Waals surface area (Å²) in [6.07, 6.45) is 2.12. The molecule has 3 rings (SSSR count). The summed E-state index contributed by atoms with van der Waals surface area (Å²) in [5.41, 5.74) is 4.31. The van der Waals surface area contributed by atoms with Gasteiger partial charge in [-0.1, -0.05) is 65.3 Å². The molecule has 0 aliphatic rings. The summed E-state index contributed by atoms with van der Waals surface area (Å²) < 4.78 is 0. The van der Waals surface area contributed by atoms with Crippen molar-refractivity contribution in [3.63, 3.8) is 0 Å². The van der Waals surface area contributed by atoms with E-state index in [-0.39, 0.29) is 12.3 Å². The molecule has 1 atom stereocenters. The van der Waals surface area contributed by atoms with E-state index in [2.05, 4.69) is 10.5 Å². The average molecular weight is 445 g/mol. The molecule has 0 radical (unpaired) electrons. The molecule has 0 heterocycles. The number of nitrogens with zero attached hydrogens (tertiary/aromatic N) is 1. The van der Waals surface area contributed by atoms with E-state index in [0.29, 0.717) is 28.9 Å². The second-order valence-electron chi connectivity index (χ2n) is 8.06. The van der Waals surface area contributed by atoms with Crippen LogP contribution in [0.4, 0.5) is 5.69 Å². The Morgan fingerprint density at radius 1 is 0.909 bits per heavy atom. The fourth-order valence-corrected chi connectivity index (χ4v) is 3.61. The van der Waals surface area contributed by atoms with Gasteiger partial charge in [-0.15, -0.1) is 0 Å². The zero-order chi connectivity index (χ0) is 23.6. The summed E-state index contributed by atoms with van der Waals surface area (Å²) in [5, 5.41) is 25.4. The quantitative estimate of drug-likeness (QED) is 0.217. The minimum atomic E-state index is -0.911. The zero-order valence-electron chi connectivity index (χ0n) is 18.6. The van der Waals surface area contributed by atoms with Crippen LogP contribution in [-0.4, -0.2) is 27.9 Å². The number of nitrogens with one attached hydrogen (secondary N) is 1. The highest BCUT2D eigenvalue weighted by Crippen LogP contribution is 2.20. The summed E-state index contributed by atoms with van der Waals surface area (Å²) in [7, 11) is 0. The molecule has 3 N–H and O–H groups in total. The van der Waals surface area contributed by atoms with Crippen LogP contribution in [0.5, 0.6) is 0 Å². The highest BCUT2D eigenvalue weighted by molar-refractivity contribution is 6.05. The first-order valence-electron chi connectivity index (χ1n) is 10.9. The van der Waals surface area contributed by atoms with Gasteiger partial charge >= 0.3 is 5.97 Å². The molecule has 0 spiro atoms. The first-order valence-corrected chi connectivity index (χ1v) is 10.9. The standard InChI is InChI=1S/C27H28N2O4/c1-19-10-12-22(13-11-19)26(30)28-24-16-14-21(15-17-24)25(29-33)18-23(27(31)32)9-5-8-20-6-3-2-4-7-20/h2-4,6-7,10-17,23,33H,5,8-9,18H2,1H3,(H,28,30)(H,31,32)/b29-25-. The number of carboxylic acids is 1. The zero-order valence-corrected chi connectivity index (χ0v) is 18.6. The lowest BCUT2D eigenvalue weighted by molar-refractivity contribution is -0.141. The lowest BCUT2D eigenvalue weighted by Crippen LogP contribution is -2.19. The predicted molar refractivity (Wildman–Crippen MR) is 129 cm³/mol. The van der Waals surface area contributed by atoms with Crippen molar-refractivity contribution in [1.29, 1.82) is 0 Å². The number of rotatable bonds is 10. The molecule has 3 aromatic carbocycles. The largest absolute Gasteiger partial charge is 0.481 e. The van der Waals surface area contributed by atoms with Gasteiger partial charge in [-0.2, -0.15) is 0 Å². The maximum atomic E-state index is 12.4. The van der Waals surface area contributed by atoms with Gasteiger partial charge in [0.15, 0.2) is 0 Å². The van der Waals surface area contributed by atoms with E-state index in [9.17, 15) is 19.9 Å². The van der Waals surface area contributed by atoms with Crippen LogP contribution in [0.15, 0.2) is 84.0 Å². The third kappa shape index (κ3) is 7.04. The Bertz CT molecular complexity index is 1090. The Labute approximate surface area is 193 Å². The van der Waals surface area contributed by atoms with Crippen molar-refractivity contribution in [1.82, 2.24) is 0 Å². The van der Waals surface area contributed by atoms with Crippen LogP contribution in [0, 0.1) is 12.8 Å². The van der Waals surface area contributed by atoms with Gasteiger partial charge in [0.1, 0.15) is 0 Å². The Morgan fingerprint density at radius 2 is 1.55 bits per heavy atom. The van der Waals surface area contributed by atoms with Gasteiger partial charge in [0.25, 0.3) is 5.91 Å². The molecule has 0 fully saturated rings. The van der Waals surface area contributed by atoms with Crippen LogP contribution in [0.3, 0.4) is 0 Å². The van der Waals surface area contributed by atoms with Gasteiger partial charge in [0.05, 0.1) is 11.6 Å². The van der Waals surface area contributed by atoms with Crippen molar-refractivity contribution >= 4 is 23.3 Å². The number of hydrogen-bond acceptors (Lipinski definition) is 4. The lowest BCUT2D eigenvalue weighted by Gasteiger charge is -2.14.